The Labute approximate surface area is 220 Å². The van der Waals surface area contributed by atoms with Crippen LogP contribution in [0.5, 0.6) is 0 Å². The molecular weight excluding hydrogens is 521 g/mol. The van der Waals surface area contributed by atoms with Crippen LogP contribution < -0.4 is 10.6 Å². The number of rotatable bonds is 6. The number of amides is 2. The van der Waals surface area contributed by atoms with Crippen molar-refractivity contribution >= 4 is 23.2 Å². The molecule has 0 fully saturated rings. The minimum atomic E-state index is -4.96. The Bertz CT molecular complexity index is 1420. The van der Waals surface area contributed by atoms with E-state index in [-0.39, 0.29) is 17.0 Å². The molecule has 1 aliphatic heterocycles. The molecule has 204 valence electrons. The smallest absolute Gasteiger partial charge is 0.387 e. The SMILES string of the molecule is CC(C)C1=NC(NC(=O)[C@H](c2ccc(F)cc2)[C@@H](O)c2ccc(C(F)(F)F)c(F)c2)C(=O)Nc2ccccc21. The molecule has 11 heteroatoms. The molecule has 0 aromatic heterocycles. The van der Waals surface area contributed by atoms with Crippen LogP contribution in [0.15, 0.2) is 71.7 Å². The van der Waals surface area contributed by atoms with Crippen LogP contribution in [0, 0.1) is 17.6 Å². The van der Waals surface area contributed by atoms with Crippen molar-refractivity contribution in [3.8, 4) is 0 Å². The Kier molecular flexibility index (Phi) is 7.82. The highest BCUT2D eigenvalue weighted by Gasteiger charge is 2.37. The van der Waals surface area contributed by atoms with Crippen molar-refractivity contribution in [1.29, 1.82) is 0 Å². The summed E-state index contributed by atoms with van der Waals surface area (Å²) in [6.07, 6.45) is -8.24. The standard InChI is InChI=1S/C28H24F5N3O3/c1-14(2)23-18-5-3-4-6-21(18)34-27(39)25(35-23)36-26(38)22(15-7-10-17(29)11-8-15)24(37)16-9-12-19(20(30)13-16)28(31,32)33/h3-14,22,24-25,37H,1-2H3,(H,34,39)(H,36,38)/t22-,24+,25?/m1/s1. The molecule has 0 radical (unpaired) electrons. The van der Waals surface area contributed by atoms with E-state index >= 15 is 0 Å². The van der Waals surface area contributed by atoms with Gasteiger partial charge in [0.25, 0.3) is 5.91 Å². The molecule has 0 aliphatic carbocycles. The van der Waals surface area contributed by atoms with Gasteiger partial charge < -0.3 is 15.7 Å². The van der Waals surface area contributed by atoms with Gasteiger partial charge in [-0.15, -0.1) is 0 Å². The minimum Gasteiger partial charge on any atom is -0.387 e. The van der Waals surface area contributed by atoms with Crippen LogP contribution in [0.25, 0.3) is 0 Å². The average Bonchev–Trinajstić information content (AvgIpc) is 3.00. The molecule has 39 heavy (non-hydrogen) atoms. The van der Waals surface area contributed by atoms with Gasteiger partial charge >= 0.3 is 6.18 Å². The van der Waals surface area contributed by atoms with Crippen molar-refractivity contribution < 1.29 is 36.6 Å². The highest BCUT2D eigenvalue weighted by Crippen LogP contribution is 2.36. The molecule has 3 aromatic carbocycles. The molecule has 1 aliphatic rings. The molecule has 0 spiro atoms. The lowest BCUT2D eigenvalue weighted by molar-refractivity contribution is -0.140. The van der Waals surface area contributed by atoms with E-state index in [0.717, 1.165) is 18.2 Å². The van der Waals surface area contributed by atoms with Gasteiger partial charge in [-0.05, 0) is 47.4 Å². The van der Waals surface area contributed by atoms with Gasteiger partial charge in [0.1, 0.15) is 11.6 Å². The second-order valence-corrected chi connectivity index (χ2v) is 9.33. The zero-order valence-electron chi connectivity index (χ0n) is 20.8. The number of nitrogens with one attached hydrogen (secondary N) is 2. The quantitative estimate of drug-likeness (QED) is 0.365. The second-order valence-electron chi connectivity index (χ2n) is 9.33. The Balaban J connectivity index is 1.71. The fourth-order valence-corrected chi connectivity index (χ4v) is 4.35. The number of halogens is 5. The number of carbonyl (C=O) groups is 2. The van der Waals surface area contributed by atoms with E-state index in [9.17, 15) is 36.6 Å². The number of alkyl halides is 3. The Morgan fingerprint density at radius 2 is 1.64 bits per heavy atom. The average molecular weight is 546 g/mol. The lowest BCUT2D eigenvalue weighted by atomic mass is 9.87. The highest BCUT2D eigenvalue weighted by molar-refractivity contribution is 6.13. The number of benzene rings is 3. The summed E-state index contributed by atoms with van der Waals surface area (Å²) in [4.78, 5) is 31.0. The van der Waals surface area contributed by atoms with Crippen LogP contribution >= 0.6 is 0 Å². The first-order valence-corrected chi connectivity index (χ1v) is 12.0. The van der Waals surface area contributed by atoms with Gasteiger partial charge in [-0.25, -0.2) is 8.78 Å². The van der Waals surface area contributed by atoms with E-state index in [1.54, 1.807) is 24.3 Å². The van der Waals surface area contributed by atoms with Gasteiger partial charge in [0, 0.05) is 17.0 Å². The summed E-state index contributed by atoms with van der Waals surface area (Å²) in [5.74, 6) is -5.58. The first-order valence-electron chi connectivity index (χ1n) is 12.0. The first kappa shape index (κ1) is 27.9. The Morgan fingerprint density at radius 3 is 2.26 bits per heavy atom. The van der Waals surface area contributed by atoms with Crippen molar-refractivity contribution in [2.75, 3.05) is 5.32 Å². The lowest BCUT2D eigenvalue weighted by Gasteiger charge is -2.25. The molecule has 2 amide bonds. The van der Waals surface area contributed by atoms with E-state index in [4.69, 9.17) is 0 Å². The molecule has 3 atom stereocenters. The number of hydrogen-bond donors (Lipinski definition) is 3. The monoisotopic (exact) mass is 545 g/mol. The highest BCUT2D eigenvalue weighted by atomic mass is 19.4. The van der Waals surface area contributed by atoms with Gasteiger partial charge in [0.05, 0.1) is 17.6 Å². The summed E-state index contributed by atoms with van der Waals surface area (Å²) in [5, 5.41) is 16.3. The second kappa shape index (κ2) is 10.9. The van der Waals surface area contributed by atoms with Crippen LogP contribution in [-0.4, -0.2) is 28.8 Å². The number of fused-ring (bicyclic) bond motifs is 1. The van der Waals surface area contributed by atoms with Crippen molar-refractivity contribution in [3.05, 3.63) is 101 Å². The third-order valence-corrected chi connectivity index (χ3v) is 6.27. The van der Waals surface area contributed by atoms with Crippen molar-refractivity contribution in [2.24, 2.45) is 10.9 Å². The number of aliphatic hydroxyl groups is 1. The van der Waals surface area contributed by atoms with Crippen LogP contribution in [0.2, 0.25) is 0 Å². The molecule has 1 heterocycles. The van der Waals surface area contributed by atoms with Gasteiger partial charge in [-0.2, -0.15) is 13.2 Å². The third kappa shape index (κ3) is 5.98. The number of hydrogen-bond acceptors (Lipinski definition) is 4. The Hall–Kier alpha value is -4.12. The van der Waals surface area contributed by atoms with Gasteiger partial charge in [-0.1, -0.05) is 50.2 Å². The van der Waals surface area contributed by atoms with Crippen LogP contribution in [-0.2, 0) is 15.8 Å². The van der Waals surface area contributed by atoms with Crippen molar-refractivity contribution in [1.82, 2.24) is 5.32 Å². The number of anilines is 1. The summed E-state index contributed by atoms with van der Waals surface area (Å²) < 4.78 is 67.0. The number of nitrogens with zero attached hydrogens (tertiary/aromatic N) is 1. The van der Waals surface area contributed by atoms with Gasteiger partial charge in [0.15, 0.2) is 0 Å². The first-order chi connectivity index (χ1) is 18.4. The van der Waals surface area contributed by atoms with Gasteiger partial charge in [0.2, 0.25) is 12.1 Å². The molecule has 4 rings (SSSR count). The third-order valence-electron chi connectivity index (χ3n) is 6.27. The number of benzodiazepines with no additional fused rings is 1. The van der Waals surface area contributed by atoms with E-state index in [2.05, 4.69) is 15.6 Å². The lowest BCUT2D eigenvalue weighted by Crippen LogP contribution is -2.45. The van der Waals surface area contributed by atoms with E-state index < -0.39 is 53.4 Å². The predicted molar refractivity (Wildman–Crippen MR) is 134 cm³/mol. The van der Waals surface area contributed by atoms with E-state index in [1.807, 2.05) is 13.8 Å². The molecule has 6 nitrogen and oxygen atoms in total. The molecule has 1 unspecified atom stereocenters. The number of aliphatic hydroxyl groups excluding tert-OH is 1. The molecule has 0 bridgehead atoms. The number of carbonyl (C=O) groups excluding carboxylic acids is 2. The predicted octanol–water partition coefficient (Wildman–Crippen LogP) is 5.34. The summed E-state index contributed by atoms with van der Waals surface area (Å²) in [7, 11) is 0. The maximum atomic E-state index is 14.3. The Morgan fingerprint density at radius 1 is 1.00 bits per heavy atom. The van der Waals surface area contributed by atoms with Crippen LogP contribution in [0.4, 0.5) is 27.6 Å². The van der Waals surface area contributed by atoms with Crippen molar-refractivity contribution in [2.45, 2.75) is 38.2 Å². The molecule has 3 N–H and O–H groups in total. The zero-order chi connectivity index (χ0) is 28.5. The maximum Gasteiger partial charge on any atom is 0.419 e. The normalized spacial score (nSPS) is 17.0. The number of para-hydroxylation sites is 1. The van der Waals surface area contributed by atoms with Crippen LogP contribution in [0.3, 0.4) is 0 Å². The zero-order valence-corrected chi connectivity index (χ0v) is 20.8. The maximum absolute atomic E-state index is 14.3. The molecular formula is C28H24F5N3O3. The summed E-state index contributed by atoms with van der Waals surface area (Å²) >= 11 is 0. The molecule has 0 saturated carbocycles. The largest absolute Gasteiger partial charge is 0.419 e. The molecule has 3 aromatic rings. The van der Waals surface area contributed by atoms with Gasteiger partial charge in [-0.3, -0.25) is 14.6 Å². The van der Waals surface area contributed by atoms with E-state index in [1.165, 1.54) is 12.1 Å². The number of aliphatic imine (C=N–C) groups is 1. The fourth-order valence-electron chi connectivity index (χ4n) is 4.35. The topological polar surface area (TPSA) is 90.8 Å². The minimum absolute atomic E-state index is 0.0760. The van der Waals surface area contributed by atoms with Crippen molar-refractivity contribution in [3.63, 3.8) is 0 Å². The summed E-state index contributed by atoms with van der Waals surface area (Å²) in [5.41, 5.74) is -0.111. The molecule has 0 saturated heterocycles. The summed E-state index contributed by atoms with van der Waals surface area (Å²) in [6.45, 7) is 3.71. The van der Waals surface area contributed by atoms with Crippen LogP contribution in [0.1, 0.15) is 48.1 Å². The van der Waals surface area contributed by atoms with E-state index in [0.29, 0.717) is 29.1 Å². The summed E-state index contributed by atoms with van der Waals surface area (Å²) in [6, 6.07) is 13.2. The fraction of sp³-hybridized carbons (Fsp3) is 0.250.